The van der Waals surface area contributed by atoms with Crippen molar-refractivity contribution in [3.05, 3.63) is 45.8 Å². The lowest BCUT2D eigenvalue weighted by Gasteiger charge is -2.26. The first-order valence-electron chi connectivity index (χ1n) is 10.2. The van der Waals surface area contributed by atoms with Gasteiger partial charge < -0.3 is 4.74 Å². The van der Waals surface area contributed by atoms with Crippen LogP contribution in [-0.2, 0) is 26.7 Å². The second kappa shape index (κ2) is 7.85. The fraction of sp³-hybridized carbons (Fsp3) is 0.591. The summed E-state index contributed by atoms with van der Waals surface area (Å²) in [5.41, 5.74) is 6.24. The SMILES string of the molecule is Cc1cc(C(C)(C)C)cc(C)c1Cn1nc(C)c(S(=O)(=O)N2CCOCC2)c1C. The molecule has 1 aromatic carbocycles. The molecule has 6 nitrogen and oxygen atoms in total. The van der Waals surface area contributed by atoms with Crippen LogP contribution in [0, 0.1) is 27.7 Å². The molecule has 1 aromatic heterocycles. The lowest BCUT2D eigenvalue weighted by Crippen LogP contribution is -2.41. The fourth-order valence-electron chi connectivity index (χ4n) is 3.95. The second-order valence-electron chi connectivity index (χ2n) is 9.01. The third kappa shape index (κ3) is 4.27. The zero-order valence-corrected chi connectivity index (χ0v) is 19.5. The van der Waals surface area contributed by atoms with Crippen molar-refractivity contribution >= 4 is 10.0 Å². The fourth-order valence-corrected chi connectivity index (χ4v) is 5.73. The van der Waals surface area contributed by atoms with Crippen LogP contribution in [0.4, 0.5) is 0 Å². The summed E-state index contributed by atoms with van der Waals surface area (Å²) in [6.07, 6.45) is 0. The van der Waals surface area contributed by atoms with Crippen molar-refractivity contribution in [1.82, 2.24) is 14.1 Å². The lowest BCUT2D eigenvalue weighted by molar-refractivity contribution is 0.0730. The first kappa shape index (κ1) is 22.0. The van der Waals surface area contributed by atoms with E-state index in [1.54, 1.807) is 6.92 Å². The van der Waals surface area contributed by atoms with Gasteiger partial charge in [-0.2, -0.15) is 9.40 Å². The Balaban J connectivity index is 1.98. The Hall–Kier alpha value is -1.70. The molecule has 0 saturated carbocycles. The molecule has 29 heavy (non-hydrogen) atoms. The highest BCUT2D eigenvalue weighted by Gasteiger charge is 2.32. The molecule has 160 valence electrons. The summed E-state index contributed by atoms with van der Waals surface area (Å²) in [5, 5.41) is 4.60. The van der Waals surface area contributed by atoms with Crippen LogP contribution in [0.3, 0.4) is 0 Å². The third-order valence-corrected chi connectivity index (χ3v) is 7.90. The minimum absolute atomic E-state index is 0.0889. The standard InChI is InChI=1S/C22H33N3O3S/c1-15-12-19(22(5,6)7)13-16(2)20(15)14-25-18(4)21(17(3)23-25)29(26,27)24-8-10-28-11-9-24/h12-13H,8-11,14H2,1-7H3. The van der Waals surface area contributed by atoms with Crippen molar-refractivity contribution in [3.8, 4) is 0 Å². The number of ether oxygens (including phenoxy) is 1. The molecule has 1 saturated heterocycles. The van der Waals surface area contributed by atoms with E-state index in [0.29, 0.717) is 49.1 Å². The van der Waals surface area contributed by atoms with Crippen LogP contribution in [0.25, 0.3) is 0 Å². The van der Waals surface area contributed by atoms with Crippen molar-refractivity contribution in [1.29, 1.82) is 0 Å². The van der Waals surface area contributed by atoms with Crippen LogP contribution in [0.2, 0.25) is 0 Å². The first-order valence-corrected chi connectivity index (χ1v) is 11.6. The first-order chi connectivity index (χ1) is 13.4. The Kier molecular flexibility index (Phi) is 5.96. The molecule has 0 radical (unpaired) electrons. The van der Waals surface area contributed by atoms with Crippen molar-refractivity contribution in [2.24, 2.45) is 0 Å². The van der Waals surface area contributed by atoms with Crippen LogP contribution in [-0.4, -0.2) is 48.8 Å². The minimum atomic E-state index is -3.57. The molecule has 0 aliphatic carbocycles. The summed E-state index contributed by atoms with van der Waals surface area (Å²) in [4.78, 5) is 0.334. The van der Waals surface area contributed by atoms with Gasteiger partial charge in [-0.3, -0.25) is 4.68 Å². The van der Waals surface area contributed by atoms with Crippen LogP contribution in [0.15, 0.2) is 17.0 Å². The van der Waals surface area contributed by atoms with Gasteiger partial charge in [-0.1, -0.05) is 32.9 Å². The number of hydrogen-bond donors (Lipinski definition) is 0. The predicted molar refractivity (Wildman–Crippen MR) is 115 cm³/mol. The average Bonchev–Trinajstić information content (AvgIpc) is 2.92. The summed E-state index contributed by atoms with van der Waals surface area (Å²) < 4.78 is 35.0. The second-order valence-corrected chi connectivity index (χ2v) is 10.9. The molecular formula is C22H33N3O3S. The van der Waals surface area contributed by atoms with Crippen molar-refractivity contribution in [2.45, 2.75) is 65.3 Å². The van der Waals surface area contributed by atoms with E-state index in [1.165, 1.54) is 26.6 Å². The van der Waals surface area contributed by atoms with Gasteiger partial charge in [0, 0.05) is 13.1 Å². The molecule has 0 unspecified atom stereocenters. The van der Waals surface area contributed by atoms with E-state index >= 15 is 0 Å². The van der Waals surface area contributed by atoms with Crippen molar-refractivity contribution < 1.29 is 13.2 Å². The minimum Gasteiger partial charge on any atom is -0.379 e. The third-order valence-electron chi connectivity index (χ3n) is 5.75. The molecule has 3 rings (SSSR count). The summed E-state index contributed by atoms with van der Waals surface area (Å²) in [6, 6.07) is 4.47. The topological polar surface area (TPSA) is 64.4 Å². The maximum atomic E-state index is 13.2. The van der Waals surface area contributed by atoms with Gasteiger partial charge in [0.2, 0.25) is 10.0 Å². The van der Waals surface area contributed by atoms with Crippen LogP contribution < -0.4 is 0 Å². The summed E-state index contributed by atoms with van der Waals surface area (Å²) in [5.74, 6) is 0. The Morgan fingerprint density at radius 2 is 1.59 bits per heavy atom. The number of benzene rings is 1. The zero-order chi connectivity index (χ0) is 21.6. The van der Waals surface area contributed by atoms with Gasteiger partial charge in [-0.05, 0) is 55.4 Å². The van der Waals surface area contributed by atoms with Gasteiger partial charge in [-0.15, -0.1) is 0 Å². The highest BCUT2D eigenvalue weighted by atomic mass is 32.2. The Morgan fingerprint density at radius 3 is 2.10 bits per heavy atom. The predicted octanol–water partition coefficient (Wildman–Crippen LogP) is 3.48. The number of aryl methyl sites for hydroxylation is 3. The van der Waals surface area contributed by atoms with E-state index in [0.717, 1.165) is 0 Å². The van der Waals surface area contributed by atoms with Gasteiger partial charge in [-0.25, -0.2) is 8.42 Å². The lowest BCUT2D eigenvalue weighted by atomic mass is 9.84. The van der Waals surface area contributed by atoms with E-state index in [1.807, 2.05) is 11.6 Å². The van der Waals surface area contributed by atoms with E-state index in [2.05, 4.69) is 51.9 Å². The average molecular weight is 420 g/mol. The van der Waals surface area contributed by atoms with Gasteiger partial charge in [0.15, 0.2) is 0 Å². The molecule has 0 N–H and O–H groups in total. The maximum Gasteiger partial charge on any atom is 0.246 e. The Morgan fingerprint density at radius 1 is 1.03 bits per heavy atom. The summed E-state index contributed by atoms with van der Waals surface area (Å²) >= 11 is 0. The molecule has 0 atom stereocenters. The number of rotatable bonds is 4. The Bertz CT molecular complexity index is 988. The monoisotopic (exact) mass is 419 g/mol. The van der Waals surface area contributed by atoms with Gasteiger partial charge in [0.25, 0.3) is 0 Å². The van der Waals surface area contributed by atoms with Crippen molar-refractivity contribution in [3.63, 3.8) is 0 Å². The quantitative estimate of drug-likeness (QED) is 0.761. The van der Waals surface area contributed by atoms with Crippen LogP contribution >= 0.6 is 0 Å². The van der Waals surface area contributed by atoms with E-state index in [4.69, 9.17) is 4.74 Å². The number of sulfonamides is 1. The molecule has 0 amide bonds. The van der Waals surface area contributed by atoms with Gasteiger partial charge in [0.05, 0.1) is 31.1 Å². The molecule has 2 heterocycles. The smallest absolute Gasteiger partial charge is 0.246 e. The van der Waals surface area contributed by atoms with E-state index in [9.17, 15) is 8.42 Å². The van der Waals surface area contributed by atoms with Gasteiger partial charge in [0.1, 0.15) is 4.90 Å². The maximum absolute atomic E-state index is 13.2. The van der Waals surface area contributed by atoms with Crippen molar-refractivity contribution in [2.75, 3.05) is 26.3 Å². The highest BCUT2D eigenvalue weighted by molar-refractivity contribution is 7.89. The highest BCUT2D eigenvalue weighted by Crippen LogP contribution is 2.29. The molecule has 7 heteroatoms. The molecule has 1 aliphatic rings. The number of nitrogens with zero attached hydrogens (tertiary/aromatic N) is 3. The molecule has 0 bridgehead atoms. The molecule has 0 spiro atoms. The van der Waals surface area contributed by atoms with Crippen LogP contribution in [0.1, 0.15) is 54.4 Å². The molecule has 1 fully saturated rings. The van der Waals surface area contributed by atoms with E-state index < -0.39 is 10.0 Å². The summed E-state index contributed by atoms with van der Waals surface area (Å²) in [7, 11) is -3.57. The Labute approximate surface area is 174 Å². The number of hydrogen-bond acceptors (Lipinski definition) is 4. The number of aromatic nitrogens is 2. The molecular weight excluding hydrogens is 386 g/mol. The largest absolute Gasteiger partial charge is 0.379 e. The molecule has 1 aliphatic heterocycles. The molecule has 2 aromatic rings. The zero-order valence-electron chi connectivity index (χ0n) is 18.7. The number of morpholine rings is 1. The van der Waals surface area contributed by atoms with E-state index in [-0.39, 0.29) is 5.41 Å². The van der Waals surface area contributed by atoms with Crippen LogP contribution in [0.5, 0.6) is 0 Å². The summed E-state index contributed by atoms with van der Waals surface area (Å²) in [6.45, 7) is 16.7. The van der Waals surface area contributed by atoms with Gasteiger partial charge >= 0.3 is 0 Å². The normalized spacial score (nSPS) is 16.4.